The van der Waals surface area contributed by atoms with Crippen molar-refractivity contribution < 1.29 is 4.39 Å². The highest BCUT2D eigenvalue weighted by Crippen LogP contribution is 2.39. The minimum absolute atomic E-state index is 0.185. The Morgan fingerprint density at radius 3 is 2.94 bits per heavy atom. The van der Waals surface area contributed by atoms with E-state index in [-0.39, 0.29) is 11.9 Å². The molecular formula is C15H14FNS. The Balaban J connectivity index is 1.88. The number of halogens is 1. The molecule has 1 aliphatic heterocycles. The summed E-state index contributed by atoms with van der Waals surface area (Å²) in [5, 5.41) is 3.31. The van der Waals surface area contributed by atoms with Gasteiger partial charge in [0.1, 0.15) is 5.82 Å². The second kappa shape index (κ2) is 4.65. The van der Waals surface area contributed by atoms with Crippen LogP contribution < -0.4 is 5.32 Å². The van der Waals surface area contributed by atoms with Crippen LogP contribution in [0.4, 0.5) is 10.1 Å². The van der Waals surface area contributed by atoms with Crippen LogP contribution >= 0.6 is 11.8 Å². The summed E-state index contributed by atoms with van der Waals surface area (Å²) in [6.45, 7) is 1.97. The predicted octanol–water partition coefficient (Wildman–Crippen LogP) is 4.39. The smallest absolute Gasteiger partial charge is 0.146 e. The van der Waals surface area contributed by atoms with Gasteiger partial charge in [-0.15, -0.1) is 11.8 Å². The second-order valence-corrected chi connectivity index (χ2v) is 5.59. The molecule has 1 atom stereocenters. The lowest BCUT2D eigenvalue weighted by molar-refractivity contribution is 0.627. The molecule has 0 fully saturated rings. The first-order valence-electron chi connectivity index (χ1n) is 5.98. The third-order valence-electron chi connectivity index (χ3n) is 3.15. The maximum absolute atomic E-state index is 13.7. The van der Waals surface area contributed by atoms with Gasteiger partial charge in [-0.3, -0.25) is 0 Å². The van der Waals surface area contributed by atoms with Crippen molar-refractivity contribution in [2.75, 3.05) is 11.1 Å². The van der Waals surface area contributed by atoms with E-state index < -0.39 is 0 Å². The van der Waals surface area contributed by atoms with E-state index in [1.165, 1.54) is 16.5 Å². The highest BCUT2D eigenvalue weighted by molar-refractivity contribution is 7.99. The molecule has 0 bridgehead atoms. The van der Waals surface area contributed by atoms with Crippen LogP contribution in [-0.2, 0) is 0 Å². The first-order chi connectivity index (χ1) is 8.74. The van der Waals surface area contributed by atoms with E-state index in [1.807, 2.05) is 36.9 Å². The molecule has 0 aromatic heterocycles. The van der Waals surface area contributed by atoms with Gasteiger partial charge in [0.25, 0.3) is 0 Å². The Labute approximate surface area is 110 Å². The maximum atomic E-state index is 13.7. The molecule has 2 aromatic carbocycles. The number of hydrogen-bond acceptors (Lipinski definition) is 2. The molecule has 0 saturated heterocycles. The number of rotatable bonds is 2. The number of hydrogen-bond donors (Lipinski definition) is 1. The Bertz CT molecular complexity index is 582. The van der Waals surface area contributed by atoms with Crippen LogP contribution in [0.1, 0.15) is 17.2 Å². The second-order valence-electron chi connectivity index (χ2n) is 4.53. The van der Waals surface area contributed by atoms with Gasteiger partial charge in [0.15, 0.2) is 0 Å². The normalized spacial score (nSPS) is 17.6. The first-order valence-corrected chi connectivity index (χ1v) is 6.97. The van der Waals surface area contributed by atoms with Crippen LogP contribution in [0.3, 0.4) is 0 Å². The van der Waals surface area contributed by atoms with Gasteiger partial charge in [-0.25, -0.2) is 4.39 Å². The molecule has 0 saturated carbocycles. The van der Waals surface area contributed by atoms with Gasteiger partial charge >= 0.3 is 0 Å². The number of nitrogens with one attached hydrogen (secondary N) is 1. The van der Waals surface area contributed by atoms with Crippen LogP contribution in [0.5, 0.6) is 0 Å². The number of thioether (sulfide) groups is 1. The molecule has 1 nitrogen and oxygen atoms in total. The van der Waals surface area contributed by atoms with Crippen LogP contribution in [-0.4, -0.2) is 5.75 Å². The van der Waals surface area contributed by atoms with Crippen molar-refractivity contribution in [3.63, 3.8) is 0 Å². The van der Waals surface area contributed by atoms with Crippen molar-refractivity contribution in [3.05, 3.63) is 59.4 Å². The monoisotopic (exact) mass is 259 g/mol. The quantitative estimate of drug-likeness (QED) is 0.858. The summed E-state index contributed by atoms with van der Waals surface area (Å²) in [4.78, 5) is 1.29. The number of aryl methyl sites for hydroxylation is 1. The van der Waals surface area contributed by atoms with Crippen molar-refractivity contribution in [2.45, 2.75) is 17.9 Å². The molecule has 3 rings (SSSR count). The SMILES string of the molecule is Cc1ccc(F)c(NC2CSc3ccccc32)c1. The lowest BCUT2D eigenvalue weighted by Crippen LogP contribution is -2.11. The van der Waals surface area contributed by atoms with Crippen molar-refractivity contribution in [1.29, 1.82) is 0 Å². The summed E-state index contributed by atoms with van der Waals surface area (Å²) in [7, 11) is 0. The molecule has 1 N–H and O–H groups in total. The van der Waals surface area contributed by atoms with Crippen LogP contribution in [0.25, 0.3) is 0 Å². The summed E-state index contributed by atoms with van der Waals surface area (Å²) in [5.41, 5.74) is 2.93. The molecule has 92 valence electrons. The maximum Gasteiger partial charge on any atom is 0.146 e. The van der Waals surface area contributed by atoms with Gasteiger partial charge < -0.3 is 5.32 Å². The minimum atomic E-state index is -0.185. The average molecular weight is 259 g/mol. The molecule has 2 aromatic rings. The standard InChI is InChI=1S/C15H14FNS/c1-10-6-7-12(16)13(8-10)17-14-9-18-15-5-3-2-4-11(14)15/h2-8,14,17H,9H2,1H3. The fourth-order valence-electron chi connectivity index (χ4n) is 2.22. The summed E-state index contributed by atoms with van der Waals surface area (Å²) in [5.74, 6) is 0.766. The zero-order chi connectivity index (χ0) is 12.5. The van der Waals surface area contributed by atoms with E-state index >= 15 is 0 Å². The molecule has 0 spiro atoms. The largest absolute Gasteiger partial charge is 0.375 e. The van der Waals surface area contributed by atoms with Crippen LogP contribution in [0.15, 0.2) is 47.4 Å². The van der Waals surface area contributed by atoms with Gasteiger partial charge in [-0.1, -0.05) is 24.3 Å². The predicted molar refractivity (Wildman–Crippen MR) is 74.7 cm³/mol. The van der Waals surface area contributed by atoms with Gasteiger partial charge in [-0.05, 0) is 36.2 Å². The van der Waals surface area contributed by atoms with E-state index in [0.717, 1.165) is 11.3 Å². The summed E-state index contributed by atoms with van der Waals surface area (Å²) in [6.07, 6.45) is 0. The summed E-state index contributed by atoms with van der Waals surface area (Å²) >= 11 is 1.82. The Kier molecular flexibility index (Phi) is 3.00. The molecule has 1 aliphatic rings. The first kappa shape index (κ1) is 11.6. The van der Waals surface area contributed by atoms with Crippen molar-refractivity contribution in [3.8, 4) is 0 Å². The van der Waals surface area contributed by atoms with E-state index in [9.17, 15) is 4.39 Å². The molecule has 18 heavy (non-hydrogen) atoms. The highest BCUT2D eigenvalue weighted by Gasteiger charge is 2.23. The summed E-state index contributed by atoms with van der Waals surface area (Å²) < 4.78 is 13.7. The lowest BCUT2D eigenvalue weighted by atomic mass is 10.1. The molecule has 0 aliphatic carbocycles. The van der Waals surface area contributed by atoms with E-state index in [1.54, 1.807) is 6.07 Å². The Morgan fingerprint density at radius 2 is 2.06 bits per heavy atom. The van der Waals surface area contributed by atoms with Gasteiger partial charge in [0.05, 0.1) is 11.7 Å². The fourth-order valence-corrected chi connectivity index (χ4v) is 3.38. The van der Waals surface area contributed by atoms with Crippen molar-refractivity contribution in [2.24, 2.45) is 0 Å². The van der Waals surface area contributed by atoms with Gasteiger partial charge in [0.2, 0.25) is 0 Å². The molecule has 1 unspecified atom stereocenters. The third kappa shape index (κ3) is 2.10. The molecule has 3 heteroatoms. The Hall–Kier alpha value is -1.48. The summed E-state index contributed by atoms with van der Waals surface area (Å²) in [6, 6.07) is 13.7. The number of fused-ring (bicyclic) bond motifs is 1. The van der Waals surface area contributed by atoms with Crippen LogP contribution in [0.2, 0.25) is 0 Å². The van der Waals surface area contributed by atoms with Crippen molar-refractivity contribution in [1.82, 2.24) is 0 Å². The van der Waals surface area contributed by atoms with Gasteiger partial charge in [-0.2, -0.15) is 0 Å². The lowest BCUT2D eigenvalue weighted by Gasteiger charge is -2.15. The fraction of sp³-hybridized carbons (Fsp3) is 0.200. The van der Waals surface area contributed by atoms with Gasteiger partial charge in [0, 0.05) is 10.6 Å². The third-order valence-corrected chi connectivity index (χ3v) is 4.33. The molecule has 0 radical (unpaired) electrons. The minimum Gasteiger partial charge on any atom is -0.375 e. The number of anilines is 1. The average Bonchev–Trinajstić information content (AvgIpc) is 2.78. The van der Waals surface area contributed by atoms with Crippen molar-refractivity contribution >= 4 is 17.4 Å². The molecule has 0 amide bonds. The zero-order valence-electron chi connectivity index (χ0n) is 10.1. The van der Waals surface area contributed by atoms with E-state index in [2.05, 4.69) is 17.4 Å². The zero-order valence-corrected chi connectivity index (χ0v) is 10.9. The Morgan fingerprint density at radius 1 is 1.22 bits per heavy atom. The van der Waals surface area contributed by atoms with E-state index in [4.69, 9.17) is 0 Å². The highest BCUT2D eigenvalue weighted by atomic mass is 32.2. The topological polar surface area (TPSA) is 12.0 Å². The molecule has 1 heterocycles. The van der Waals surface area contributed by atoms with E-state index in [0.29, 0.717) is 5.69 Å². The van der Waals surface area contributed by atoms with Crippen LogP contribution in [0, 0.1) is 12.7 Å². The molecular weight excluding hydrogens is 245 g/mol. The number of benzene rings is 2.